The maximum atomic E-state index is 12.8. The summed E-state index contributed by atoms with van der Waals surface area (Å²) in [6.07, 6.45) is 1.90. The predicted octanol–water partition coefficient (Wildman–Crippen LogP) is 3.93. The summed E-state index contributed by atoms with van der Waals surface area (Å²) in [6, 6.07) is 7.41. The molecule has 1 aromatic heterocycles. The van der Waals surface area contributed by atoms with Gasteiger partial charge >= 0.3 is 0 Å². The van der Waals surface area contributed by atoms with Crippen molar-refractivity contribution < 1.29 is 14.3 Å². The van der Waals surface area contributed by atoms with E-state index in [1.165, 1.54) is 5.56 Å². The van der Waals surface area contributed by atoms with Gasteiger partial charge in [-0.15, -0.1) is 0 Å². The minimum absolute atomic E-state index is 0.0843. The van der Waals surface area contributed by atoms with Gasteiger partial charge in [-0.05, 0) is 57.2 Å². The van der Waals surface area contributed by atoms with Crippen LogP contribution < -0.4 is 0 Å². The van der Waals surface area contributed by atoms with Gasteiger partial charge in [0.25, 0.3) is 5.91 Å². The first kappa shape index (κ1) is 15.7. The van der Waals surface area contributed by atoms with E-state index >= 15 is 0 Å². The molecule has 0 spiro atoms. The van der Waals surface area contributed by atoms with Crippen molar-refractivity contribution in [3.8, 4) is 5.75 Å². The van der Waals surface area contributed by atoms with Crippen LogP contribution in [0.2, 0.25) is 0 Å². The lowest BCUT2D eigenvalue weighted by Crippen LogP contribution is -2.38. The van der Waals surface area contributed by atoms with Crippen LogP contribution in [-0.4, -0.2) is 29.0 Å². The third kappa shape index (κ3) is 2.98. The maximum absolute atomic E-state index is 12.8. The monoisotopic (exact) mass is 313 g/mol. The fraction of sp³-hybridized carbons (Fsp3) is 0.421. The first-order valence-electron chi connectivity index (χ1n) is 8.12. The largest absolute Gasteiger partial charge is 0.508 e. The Morgan fingerprint density at radius 1 is 1.09 bits per heavy atom. The van der Waals surface area contributed by atoms with E-state index in [0.29, 0.717) is 17.4 Å². The van der Waals surface area contributed by atoms with Gasteiger partial charge in [0, 0.05) is 18.7 Å². The molecule has 1 aromatic carbocycles. The Bertz CT molecular complexity index is 707. The fourth-order valence-corrected chi connectivity index (χ4v) is 3.43. The predicted molar refractivity (Wildman–Crippen MR) is 88.9 cm³/mol. The molecular formula is C19H23NO3. The zero-order chi connectivity index (χ0) is 16.6. The number of nitrogens with zero attached hydrogens (tertiary/aromatic N) is 1. The Morgan fingerprint density at radius 2 is 1.70 bits per heavy atom. The molecule has 0 bridgehead atoms. The summed E-state index contributed by atoms with van der Waals surface area (Å²) in [4.78, 5) is 14.7. The molecule has 0 unspecified atom stereocenters. The molecule has 0 aliphatic carbocycles. The Labute approximate surface area is 136 Å². The first-order valence-corrected chi connectivity index (χ1v) is 8.12. The number of rotatable bonds is 2. The highest BCUT2D eigenvalue weighted by Gasteiger charge is 2.28. The van der Waals surface area contributed by atoms with Gasteiger partial charge in [0.15, 0.2) is 0 Å². The third-order valence-electron chi connectivity index (χ3n) is 4.92. The number of furan rings is 1. The SMILES string of the molecule is Cc1oc(C)c(C(=O)N2CCC(c3ccc(O)cc3)CC2)c1C. The van der Waals surface area contributed by atoms with Crippen LogP contribution in [0.15, 0.2) is 28.7 Å². The lowest BCUT2D eigenvalue weighted by Gasteiger charge is -2.32. The normalized spacial score (nSPS) is 15.9. The highest BCUT2D eigenvalue weighted by Crippen LogP contribution is 2.31. The van der Waals surface area contributed by atoms with E-state index in [2.05, 4.69) is 0 Å². The number of phenolic OH excluding ortho intramolecular Hbond substituents is 1. The molecule has 1 aliphatic rings. The number of aryl methyl sites for hydroxylation is 2. The van der Waals surface area contributed by atoms with Crippen LogP contribution in [-0.2, 0) is 0 Å². The van der Waals surface area contributed by atoms with Crippen LogP contribution in [0.4, 0.5) is 0 Å². The first-order chi connectivity index (χ1) is 11.0. The molecule has 122 valence electrons. The van der Waals surface area contributed by atoms with E-state index in [4.69, 9.17) is 4.42 Å². The molecule has 1 N–H and O–H groups in total. The van der Waals surface area contributed by atoms with Crippen LogP contribution in [0.1, 0.15) is 51.8 Å². The Kier molecular flexibility index (Phi) is 4.16. The Morgan fingerprint density at radius 3 is 2.22 bits per heavy atom. The lowest BCUT2D eigenvalue weighted by molar-refractivity contribution is 0.0710. The number of piperidine rings is 1. The van der Waals surface area contributed by atoms with Gasteiger partial charge in [0.1, 0.15) is 17.3 Å². The van der Waals surface area contributed by atoms with Crippen molar-refractivity contribution in [3.63, 3.8) is 0 Å². The summed E-state index contributed by atoms with van der Waals surface area (Å²) >= 11 is 0. The molecule has 23 heavy (non-hydrogen) atoms. The minimum atomic E-state index is 0.0843. The zero-order valence-corrected chi connectivity index (χ0v) is 13.9. The van der Waals surface area contributed by atoms with Gasteiger partial charge < -0.3 is 14.4 Å². The second-order valence-electron chi connectivity index (χ2n) is 6.37. The van der Waals surface area contributed by atoms with Gasteiger partial charge in [-0.2, -0.15) is 0 Å². The maximum Gasteiger partial charge on any atom is 0.257 e. The highest BCUT2D eigenvalue weighted by molar-refractivity contribution is 5.97. The summed E-state index contributed by atoms with van der Waals surface area (Å²) < 4.78 is 5.59. The van der Waals surface area contributed by atoms with Crippen molar-refractivity contribution >= 4 is 5.91 Å². The third-order valence-corrected chi connectivity index (χ3v) is 4.92. The number of hydrogen-bond donors (Lipinski definition) is 1. The number of hydrogen-bond acceptors (Lipinski definition) is 3. The second kappa shape index (κ2) is 6.11. The van der Waals surface area contributed by atoms with E-state index in [1.807, 2.05) is 37.8 Å². The van der Waals surface area contributed by atoms with Gasteiger partial charge in [-0.3, -0.25) is 4.79 Å². The second-order valence-corrected chi connectivity index (χ2v) is 6.37. The van der Waals surface area contributed by atoms with Gasteiger partial charge in [-0.1, -0.05) is 12.1 Å². The van der Waals surface area contributed by atoms with Crippen LogP contribution in [0.25, 0.3) is 0 Å². The summed E-state index contributed by atoms with van der Waals surface area (Å²) in [7, 11) is 0. The molecule has 1 fully saturated rings. The number of phenols is 1. The van der Waals surface area contributed by atoms with E-state index in [-0.39, 0.29) is 5.91 Å². The highest BCUT2D eigenvalue weighted by atomic mass is 16.3. The standard InChI is InChI=1S/C19H23NO3/c1-12-13(2)23-14(3)18(12)19(22)20-10-8-16(9-11-20)15-4-6-17(21)7-5-15/h4-7,16,21H,8-11H2,1-3H3. The van der Waals surface area contributed by atoms with Crippen LogP contribution in [0.5, 0.6) is 5.75 Å². The van der Waals surface area contributed by atoms with Crippen molar-refractivity contribution in [2.45, 2.75) is 39.5 Å². The quantitative estimate of drug-likeness (QED) is 0.914. The van der Waals surface area contributed by atoms with Gasteiger partial charge in [0.05, 0.1) is 5.56 Å². The number of aromatic hydroxyl groups is 1. The molecule has 0 atom stereocenters. The molecule has 2 aromatic rings. The minimum Gasteiger partial charge on any atom is -0.508 e. The molecule has 4 nitrogen and oxygen atoms in total. The number of benzene rings is 1. The summed E-state index contributed by atoms with van der Waals surface area (Å²) in [5.74, 6) is 2.37. The van der Waals surface area contributed by atoms with E-state index in [0.717, 1.165) is 42.8 Å². The summed E-state index contributed by atoms with van der Waals surface area (Å²) in [6.45, 7) is 7.22. The number of amides is 1. The average molecular weight is 313 g/mol. The van der Waals surface area contributed by atoms with Crippen molar-refractivity contribution in [3.05, 3.63) is 52.5 Å². The fourth-order valence-electron chi connectivity index (χ4n) is 3.43. The van der Waals surface area contributed by atoms with Crippen molar-refractivity contribution in [1.82, 2.24) is 4.90 Å². The topological polar surface area (TPSA) is 53.7 Å². The van der Waals surface area contributed by atoms with Crippen LogP contribution in [0, 0.1) is 20.8 Å². The van der Waals surface area contributed by atoms with E-state index in [1.54, 1.807) is 12.1 Å². The van der Waals surface area contributed by atoms with E-state index in [9.17, 15) is 9.90 Å². The molecule has 0 saturated carbocycles. The Balaban J connectivity index is 1.69. The molecule has 1 amide bonds. The molecule has 1 saturated heterocycles. The molecule has 3 rings (SSSR count). The summed E-state index contributed by atoms with van der Waals surface area (Å²) in [5, 5.41) is 9.39. The van der Waals surface area contributed by atoms with Crippen molar-refractivity contribution in [2.24, 2.45) is 0 Å². The smallest absolute Gasteiger partial charge is 0.257 e. The number of carbonyl (C=O) groups excluding carboxylic acids is 1. The number of carbonyl (C=O) groups is 1. The molecular weight excluding hydrogens is 290 g/mol. The van der Waals surface area contributed by atoms with Crippen molar-refractivity contribution in [2.75, 3.05) is 13.1 Å². The molecule has 4 heteroatoms. The molecule has 1 aliphatic heterocycles. The number of likely N-dealkylation sites (tertiary alicyclic amines) is 1. The van der Waals surface area contributed by atoms with E-state index < -0.39 is 0 Å². The van der Waals surface area contributed by atoms with Gasteiger partial charge in [0.2, 0.25) is 0 Å². The average Bonchev–Trinajstić information content (AvgIpc) is 2.80. The van der Waals surface area contributed by atoms with Crippen LogP contribution in [0.3, 0.4) is 0 Å². The lowest BCUT2D eigenvalue weighted by atomic mass is 9.89. The summed E-state index contributed by atoms with van der Waals surface area (Å²) in [5.41, 5.74) is 2.92. The van der Waals surface area contributed by atoms with Crippen LogP contribution >= 0.6 is 0 Å². The van der Waals surface area contributed by atoms with Crippen molar-refractivity contribution in [1.29, 1.82) is 0 Å². The molecule has 0 radical (unpaired) electrons. The zero-order valence-electron chi connectivity index (χ0n) is 13.9. The molecule has 2 heterocycles. The Hall–Kier alpha value is -2.23. The van der Waals surface area contributed by atoms with Gasteiger partial charge in [-0.25, -0.2) is 0 Å².